The van der Waals surface area contributed by atoms with E-state index in [1.165, 1.54) is 0 Å². The zero-order chi connectivity index (χ0) is 12.0. The molecular formula is C11H17N3O3. The van der Waals surface area contributed by atoms with Gasteiger partial charge in [0.25, 0.3) is 0 Å². The first-order valence-electron chi connectivity index (χ1n) is 6.18. The van der Waals surface area contributed by atoms with Crippen LogP contribution in [0.5, 0.6) is 0 Å². The van der Waals surface area contributed by atoms with Crippen molar-refractivity contribution in [2.24, 2.45) is 5.92 Å². The number of carboxylic acid groups (broad SMARTS) is 1. The molecule has 3 aliphatic rings. The highest BCUT2D eigenvalue weighted by atomic mass is 16.4. The van der Waals surface area contributed by atoms with Crippen LogP contribution in [0.3, 0.4) is 0 Å². The van der Waals surface area contributed by atoms with Crippen molar-refractivity contribution in [3.63, 3.8) is 0 Å². The number of carbonyl (C=O) groups is 2. The maximum atomic E-state index is 11.4. The highest BCUT2D eigenvalue weighted by molar-refractivity contribution is 5.77. The summed E-state index contributed by atoms with van der Waals surface area (Å²) in [7, 11) is 0. The van der Waals surface area contributed by atoms with E-state index in [0.717, 1.165) is 32.5 Å². The summed E-state index contributed by atoms with van der Waals surface area (Å²) in [5.41, 5.74) is 0. The smallest absolute Gasteiger partial charge is 0.317 e. The molecule has 6 heteroatoms. The summed E-state index contributed by atoms with van der Waals surface area (Å²) in [6.45, 7) is 3.03. The molecule has 6 nitrogen and oxygen atoms in total. The van der Waals surface area contributed by atoms with E-state index >= 15 is 0 Å². The average Bonchev–Trinajstić information content (AvgIpc) is 2.58. The molecule has 3 fully saturated rings. The van der Waals surface area contributed by atoms with Crippen molar-refractivity contribution < 1.29 is 14.7 Å². The van der Waals surface area contributed by atoms with Gasteiger partial charge in [-0.15, -0.1) is 0 Å². The van der Waals surface area contributed by atoms with Crippen molar-refractivity contribution in [1.82, 2.24) is 15.1 Å². The van der Waals surface area contributed by atoms with Crippen molar-refractivity contribution in [2.45, 2.75) is 24.9 Å². The van der Waals surface area contributed by atoms with Gasteiger partial charge in [-0.05, 0) is 12.8 Å². The predicted octanol–water partition coefficient (Wildman–Crippen LogP) is -0.441. The van der Waals surface area contributed by atoms with E-state index in [4.69, 9.17) is 5.11 Å². The van der Waals surface area contributed by atoms with E-state index < -0.39 is 5.97 Å². The Morgan fingerprint density at radius 2 is 2.18 bits per heavy atom. The second-order valence-electron chi connectivity index (χ2n) is 5.12. The van der Waals surface area contributed by atoms with Crippen LogP contribution in [0, 0.1) is 5.92 Å². The van der Waals surface area contributed by atoms with Crippen LogP contribution >= 0.6 is 0 Å². The van der Waals surface area contributed by atoms with Gasteiger partial charge in [-0.25, -0.2) is 4.79 Å². The highest BCUT2D eigenvalue weighted by Crippen LogP contribution is 2.33. The Morgan fingerprint density at radius 1 is 1.35 bits per heavy atom. The molecular weight excluding hydrogens is 222 g/mol. The third-order valence-electron chi connectivity index (χ3n) is 4.29. The van der Waals surface area contributed by atoms with Gasteiger partial charge >= 0.3 is 12.0 Å². The standard InChI is InChI=1S/C11H17N3O3/c15-10(16)8-1-2-9(8)13-3-4-14-7(6-13)5-12-11(14)17/h7-9H,1-6H2,(H,12,17)(H,15,16). The van der Waals surface area contributed by atoms with Gasteiger partial charge in [-0.3, -0.25) is 9.69 Å². The van der Waals surface area contributed by atoms with E-state index in [2.05, 4.69) is 10.2 Å². The van der Waals surface area contributed by atoms with Gasteiger partial charge in [0.15, 0.2) is 0 Å². The van der Waals surface area contributed by atoms with E-state index in [1.807, 2.05) is 4.90 Å². The van der Waals surface area contributed by atoms with Gasteiger partial charge in [0.1, 0.15) is 0 Å². The van der Waals surface area contributed by atoms with Crippen LogP contribution < -0.4 is 5.32 Å². The number of hydrogen-bond donors (Lipinski definition) is 2. The highest BCUT2D eigenvalue weighted by Gasteiger charge is 2.44. The molecule has 0 radical (unpaired) electrons. The van der Waals surface area contributed by atoms with Crippen LogP contribution in [0.2, 0.25) is 0 Å². The molecule has 2 amide bonds. The second kappa shape index (κ2) is 3.87. The molecule has 3 unspecified atom stereocenters. The SMILES string of the molecule is O=C(O)C1CCC1N1CCN2C(=O)NCC2C1. The molecule has 94 valence electrons. The van der Waals surface area contributed by atoms with Gasteiger partial charge in [0.05, 0.1) is 12.0 Å². The first-order chi connectivity index (χ1) is 8.16. The first-order valence-corrected chi connectivity index (χ1v) is 6.18. The fraction of sp³-hybridized carbons (Fsp3) is 0.818. The summed E-state index contributed by atoms with van der Waals surface area (Å²) in [4.78, 5) is 26.6. The maximum Gasteiger partial charge on any atom is 0.317 e. The lowest BCUT2D eigenvalue weighted by molar-refractivity contribution is -0.149. The molecule has 3 rings (SSSR count). The van der Waals surface area contributed by atoms with E-state index in [-0.39, 0.29) is 24.0 Å². The molecule has 0 aromatic carbocycles. The second-order valence-corrected chi connectivity index (χ2v) is 5.12. The van der Waals surface area contributed by atoms with Gasteiger partial charge in [0, 0.05) is 32.2 Å². The van der Waals surface area contributed by atoms with Gasteiger partial charge in [-0.1, -0.05) is 0 Å². The Hall–Kier alpha value is -1.30. The Bertz CT molecular complexity index is 360. The molecule has 2 aliphatic heterocycles. The monoisotopic (exact) mass is 239 g/mol. The number of amides is 2. The average molecular weight is 239 g/mol. The lowest BCUT2D eigenvalue weighted by atomic mass is 9.78. The van der Waals surface area contributed by atoms with E-state index in [0.29, 0.717) is 6.54 Å². The quantitative estimate of drug-likeness (QED) is 0.685. The number of carbonyl (C=O) groups excluding carboxylic acids is 1. The molecule has 3 atom stereocenters. The molecule has 1 saturated carbocycles. The summed E-state index contributed by atoms with van der Waals surface area (Å²) in [6.07, 6.45) is 1.77. The third-order valence-corrected chi connectivity index (χ3v) is 4.29. The van der Waals surface area contributed by atoms with Gasteiger partial charge in [0.2, 0.25) is 0 Å². The molecule has 0 aromatic rings. The van der Waals surface area contributed by atoms with Crippen molar-refractivity contribution in [3.8, 4) is 0 Å². The molecule has 0 bridgehead atoms. The predicted molar refractivity (Wildman–Crippen MR) is 59.6 cm³/mol. The van der Waals surface area contributed by atoms with Crippen LogP contribution in [-0.2, 0) is 4.79 Å². The molecule has 0 spiro atoms. The van der Waals surface area contributed by atoms with E-state index in [9.17, 15) is 9.59 Å². The summed E-state index contributed by atoms with van der Waals surface area (Å²) < 4.78 is 0. The number of carboxylic acids is 1. The lowest BCUT2D eigenvalue weighted by Gasteiger charge is -2.47. The number of urea groups is 1. The molecule has 1 aliphatic carbocycles. The zero-order valence-corrected chi connectivity index (χ0v) is 9.63. The number of nitrogens with zero attached hydrogens (tertiary/aromatic N) is 2. The van der Waals surface area contributed by atoms with Crippen molar-refractivity contribution >= 4 is 12.0 Å². The number of hydrogen-bond acceptors (Lipinski definition) is 3. The Kier molecular flexibility index (Phi) is 2.47. The topological polar surface area (TPSA) is 72.9 Å². The first kappa shape index (κ1) is 10.8. The summed E-state index contributed by atoms with van der Waals surface area (Å²) in [5.74, 6) is -0.879. The van der Waals surface area contributed by atoms with Gasteiger partial charge < -0.3 is 15.3 Å². The molecule has 17 heavy (non-hydrogen) atoms. The van der Waals surface area contributed by atoms with Gasteiger partial charge in [-0.2, -0.15) is 0 Å². The van der Waals surface area contributed by atoms with Crippen molar-refractivity contribution in [2.75, 3.05) is 26.2 Å². The fourth-order valence-corrected chi connectivity index (χ4v) is 3.14. The number of piperazine rings is 1. The number of nitrogens with one attached hydrogen (secondary N) is 1. The minimum Gasteiger partial charge on any atom is -0.481 e. The Labute approximate surface area is 99.6 Å². The van der Waals surface area contributed by atoms with E-state index in [1.54, 1.807) is 0 Å². The largest absolute Gasteiger partial charge is 0.481 e. The molecule has 2 N–H and O–H groups in total. The van der Waals surface area contributed by atoms with Crippen molar-refractivity contribution in [3.05, 3.63) is 0 Å². The molecule has 2 saturated heterocycles. The third kappa shape index (κ3) is 1.67. The Balaban J connectivity index is 1.64. The number of rotatable bonds is 2. The van der Waals surface area contributed by atoms with Crippen molar-refractivity contribution in [1.29, 1.82) is 0 Å². The van der Waals surface area contributed by atoms with Crippen LogP contribution in [0.25, 0.3) is 0 Å². The van der Waals surface area contributed by atoms with Crippen LogP contribution in [-0.4, -0.2) is 65.2 Å². The fourth-order valence-electron chi connectivity index (χ4n) is 3.14. The number of aliphatic carboxylic acids is 1. The minimum atomic E-state index is -0.677. The van der Waals surface area contributed by atoms with Crippen LogP contribution in [0.15, 0.2) is 0 Å². The molecule has 0 aromatic heterocycles. The lowest BCUT2D eigenvalue weighted by Crippen LogP contribution is -2.59. The van der Waals surface area contributed by atoms with Crippen LogP contribution in [0.4, 0.5) is 4.79 Å². The Morgan fingerprint density at radius 3 is 2.82 bits per heavy atom. The molecule has 2 heterocycles. The maximum absolute atomic E-state index is 11.4. The summed E-state index contributed by atoms with van der Waals surface area (Å²) >= 11 is 0. The normalized spacial score (nSPS) is 37.3. The van der Waals surface area contributed by atoms with Crippen LogP contribution in [0.1, 0.15) is 12.8 Å². The number of fused-ring (bicyclic) bond motifs is 1. The summed E-state index contributed by atoms with van der Waals surface area (Å²) in [6, 6.07) is 0.440. The minimum absolute atomic E-state index is 0.0260. The zero-order valence-electron chi connectivity index (χ0n) is 9.63. The summed E-state index contributed by atoms with van der Waals surface area (Å²) in [5, 5.41) is 11.9.